The highest BCUT2D eigenvalue weighted by molar-refractivity contribution is 5.82. The van der Waals surface area contributed by atoms with E-state index in [0.717, 1.165) is 6.42 Å². The summed E-state index contributed by atoms with van der Waals surface area (Å²) in [6.07, 6.45) is 1.14. The molecule has 0 aliphatic rings. The minimum atomic E-state index is 0.543. The van der Waals surface area contributed by atoms with Crippen LogP contribution in [0.3, 0.4) is 0 Å². The summed E-state index contributed by atoms with van der Waals surface area (Å²) in [7, 11) is 2.01. The summed E-state index contributed by atoms with van der Waals surface area (Å²) in [4.78, 5) is 0. The number of aromatic nitrogens is 2. The van der Waals surface area contributed by atoms with Crippen LogP contribution in [0.25, 0.3) is 10.9 Å². The van der Waals surface area contributed by atoms with Crippen LogP contribution in [0.4, 0.5) is 0 Å². The average Bonchev–Trinajstić information content (AvgIpc) is 2.56. The summed E-state index contributed by atoms with van der Waals surface area (Å²) < 4.78 is 1.97. The zero-order valence-corrected chi connectivity index (χ0v) is 8.99. The van der Waals surface area contributed by atoms with Gasteiger partial charge in [-0.2, -0.15) is 5.10 Å². The number of fused-ring (bicyclic) bond motifs is 1. The molecule has 2 heteroatoms. The van der Waals surface area contributed by atoms with Crippen molar-refractivity contribution < 1.29 is 0 Å². The molecule has 2 nitrogen and oxygen atoms in total. The van der Waals surface area contributed by atoms with Crippen molar-refractivity contribution in [1.82, 2.24) is 9.78 Å². The fourth-order valence-electron chi connectivity index (χ4n) is 1.80. The summed E-state index contributed by atoms with van der Waals surface area (Å²) in [5.41, 5.74) is 2.45. The molecule has 0 aliphatic carbocycles. The Bertz CT molecular complexity index is 443. The van der Waals surface area contributed by atoms with Crippen molar-refractivity contribution in [2.75, 3.05) is 0 Å². The summed E-state index contributed by atoms with van der Waals surface area (Å²) in [6, 6.07) is 8.42. The van der Waals surface area contributed by atoms with Crippen molar-refractivity contribution in [1.29, 1.82) is 0 Å². The van der Waals surface area contributed by atoms with E-state index >= 15 is 0 Å². The van der Waals surface area contributed by atoms with Crippen LogP contribution in [0.5, 0.6) is 0 Å². The quantitative estimate of drug-likeness (QED) is 0.708. The molecule has 1 unspecified atom stereocenters. The number of para-hydroxylation sites is 1. The smallest absolute Gasteiger partial charge is 0.0731 e. The molecule has 0 aliphatic heterocycles. The van der Waals surface area contributed by atoms with Crippen LogP contribution in [-0.4, -0.2) is 9.78 Å². The first-order valence-corrected chi connectivity index (χ1v) is 5.15. The predicted octanol–water partition coefficient (Wildman–Crippen LogP) is 3.09. The second kappa shape index (κ2) is 3.45. The Labute approximate surface area is 84.5 Å². The number of benzene rings is 1. The van der Waals surface area contributed by atoms with Crippen molar-refractivity contribution >= 4 is 10.9 Å². The number of hydrogen-bond acceptors (Lipinski definition) is 1. The topological polar surface area (TPSA) is 17.8 Å². The van der Waals surface area contributed by atoms with Gasteiger partial charge in [0.2, 0.25) is 0 Å². The zero-order valence-electron chi connectivity index (χ0n) is 8.99. The van der Waals surface area contributed by atoms with Gasteiger partial charge in [0.25, 0.3) is 0 Å². The molecule has 0 N–H and O–H groups in total. The molecule has 0 saturated carbocycles. The van der Waals surface area contributed by atoms with Crippen LogP contribution in [0.2, 0.25) is 0 Å². The van der Waals surface area contributed by atoms with E-state index in [2.05, 4.69) is 43.2 Å². The number of aryl methyl sites for hydroxylation is 1. The lowest BCUT2D eigenvalue weighted by atomic mass is 10.0. The summed E-state index contributed by atoms with van der Waals surface area (Å²) in [5.74, 6) is 0.543. The molecule has 0 saturated heterocycles. The maximum absolute atomic E-state index is 4.58. The minimum Gasteiger partial charge on any atom is -0.268 e. The molecule has 0 bridgehead atoms. The third kappa shape index (κ3) is 1.31. The minimum absolute atomic E-state index is 0.543. The second-order valence-corrected chi connectivity index (χ2v) is 3.84. The van der Waals surface area contributed by atoms with Crippen LogP contribution >= 0.6 is 0 Å². The highest BCUT2D eigenvalue weighted by Gasteiger charge is 2.12. The molecule has 0 fully saturated rings. The molecule has 14 heavy (non-hydrogen) atoms. The molecule has 74 valence electrons. The van der Waals surface area contributed by atoms with E-state index in [4.69, 9.17) is 0 Å². The van der Waals surface area contributed by atoms with E-state index in [0.29, 0.717) is 5.92 Å². The second-order valence-electron chi connectivity index (χ2n) is 3.84. The molecular formula is C12H16N2. The van der Waals surface area contributed by atoms with Crippen LogP contribution in [-0.2, 0) is 7.05 Å². The largest absolute Gasteiger partial charge is 0.268 e. The molecule has 0 amide bonds. The third-order valence-electron chi connectivity index (χ3n) is 2.87. The van der Waals surface area contributed by atoms with E-state index in [-0.39, 0.29) is 0 Å². The summed E-state index contributed by atoms with van der Waals surface area (Å²) >= 11 is 0. The van der Waals surface area contributed by atoms with E-state index in [9.17, 15) is 0 Å². The van der Waals surface area contributed by atoms with Gasteiger partial charge >= 0.3 is 0 Å². The van der Waals surface area contributed by atoms with Crippen molar-refractivity contribution in [3.8, 4) is 0 Å². The van der Waals surface area contributed by atoms with Crippen molar-refractivity contribution in [2.45, 2.75) is 26.2 Å². The maximum Gasteiger partial charge on any atom is 0.0731 e. The van der Waals surface area contributed by atoms with E-state index in [1.54, 1.807) is 0 Å². The van der Waals surface area contributed by atoms with E-state index in [1.165, 1.54) is 16.6 Å². The van der Waals surface area contributed by atoms with Gasteiger partial charge in [-0.15, -0.1) is 0 Å². The lowest BCUT2D eigenvalue weighted by Crippen LogP contribution is -1.95. The monoisotopic (exact) mass is 188 g/mol. The highest BCUT2D eigenvalue weighted by atomic mass is 15.3. The Kier molecular flexibility index (Phi) is 2.28. The Morgan fingerprint density at radius 2 is 2.07 bits per heavy atom. The molecule has 0 radical (unpaired) electrons. The van der Waals surface area contributed by atoms with E-state index in [1.807, 2.05) is 11.7 Å². The first kappa shape index (κ1) is 9.25. The Morgan fingerprint density at radius 1 is 1.36 bits per heavy atom. The molecule has 1 aromatic carbocycles. The molecule has 1 aromatic heterocycles. The van der Waals surface area contributed by atoms with Gasteiger partial charge in [-0.05, 0) is 12.5 Å². The normalized spacial score (nSPS) is 13.4. The van der Waals surface area contributed by atoms with Gasteiger partial charge in [-0.25, -0.2) is 0 Å². The van der Waals surface area contributed by atoms with Gasteiger partial charge in [0.15, 0.2) is 0 Å². The lowest BCUT2D eigenvalue weighted by molar-refractivity contribution is 0.674. The summed E-state index contributed by atoms with van der Waals surface area (Å²) in [6.45, 7) is 4.43. The lowest BCUT2D eigenvalue weighted by Gasteiger charge is -2.03. The van der Waals surface area contributed by atoms with Crippen LogP contribution < -0.4 is 0 Å². The molecule has 1 heterocycles. The number of nitrogens with zero attached hydrogens (tertiary/aromatic N) is 2. The van der Waals surface area contributed by atoms with Crippen LogP contribution in [0.1, 0.15) is 31.9 Å². The zero-order chi connectivity index (χ0) is 10.1. The van der Waals surface area contributed by atoms with E-state index < -0.39 is 0 Å². The van der Waals surface area contributed by atoms with Gasteiger partial charge in [-0.1, -0.05) is 32.0 Å². The molecular weight excluding hydrogens is 172 g/mol. The van der Waals surface area contributed by atoms with Crippen molar-refractivity contribution in [2.24, 2.45) is 7.05 Å². The van der Waals surface area contributed by atoms with Gasteiger partial charge in [0.1, 0.15) is 0 Å². The van der Waals surface area contributed by atoms with Gasteiger partial charge in [0.05, 0.1) is 11.2 Å². The summed E-state index contributed by atoms with van der Waals surface area (Å²) in [5, 5.41) is 5.87. The average molecular weight is 188 g/mol. The van der Waals surface area contributed by atoms with Gasteiger partial charge in [0, 0.05) is 18.4 Å². The number of hydrogen-bond donors (Lipinski definition) is 0. The Hall–Kier alpha value is -1.31. The Balaban J connectivity index is 2.66. The predicted molar refractivity (Wildman–Crippen MR) is 59.4 cm³/mol. The fourth-order valence-corrected chi connectivity index (χ4v) is 1.80. The maximum atomic E-state index is 4.58. The van der Waals surface area contributed by atoms with Gasteiger partial charge < -0.3 is 0 Å². The van der Waals surface area contributed by atoms with Crippen molar-refractivity contribution in [3.63, 3.8) is 0 Å². The SMILES string of the molecule is CCC(C)c1nn(C)c2ccccc12. The molecule has 1 atom stereocenters. The van der Waals surface area contributed by atoms with Gasteiger partial charge in [-0.3, -0.25) is 4.68 Å². The molecule has 2 aromatic rings. The molecule has 0 spiro atoms. The van der Waals surface area contributed by atoms with Crippen LogP contribution in [0, 0.1) is 0 Å². The first-order chi connectivity index (χ1) is 6.74. The standard InChI is InChI=1S/C12H16N2/c1-4-9(2)12-10-7-5-6-8-11(10)14(3)13-12/h5-9H,4H2,1-3H3. The Morgan fingerprint density at radius 3 is 2.79 bits per heavy atom. The van der Waals surface area contributed by atoms with Crippen LogP contribution in [0.15, 0.2) is 24.3 Å². The first-order valence-electron chi connectivity index (χ1n) is 5.15. The number of rotatable bonds is 2. The molecule has 2 rings (SSSR count). The highest BCUT2D eigenvalue weighted by Crippen LogP contribution is 2.25. The van der Waals surface area contributed by atoms with Crippen molar-refractivity contribution in [3.05, 3.63) is 30.0 Å². The third-order valence-corrected chi connectivity index (χ3v) is 2.87. The fraction of sp³-hybridized carbons (Fsp3) is 0.417.